The van der Waals surface area contributed by atoms with Crippen LogP contribution in [0.2, 0.25) is 0 Å². The first kappa shape index (κ1) is 29.1. The Morgan fingerprint density at radius 3 is 2.71 bits per heavy atom. The lowest BCUT2D eigenvalue weighted by Gasteiger charge is -2.57. The second-order valence-electron chi connectivity index (χ2n) is 11.5. The number of piperidine rings is 3. The van der Waals surface area contributed by atoms with E-state index < -0.39 is 6.10 Å². The molecule has 1 N–H and O–H groups in total. The second-order valence-corrected chi connectivity index (χ2v) is 11.5. The van der Waals surface area contributed by atoms with Gasteiger partial charge in [-0.25, -0.2) is 0 Å². The highest BCUT2D eigenvalue weighted by atomic mass is 79.9. The van der Waals surface area contributed by atoms with Crippen LogP contribution in [0.5, 0.6) is 5.75 Å². The lowest BCUT2D eigenvalue weighted by molar-refractivity contribution is -0.966. The number of aliphatic hydroxyl groups is 1. The highest BCUT2D eigenvalue weighted by molar-refractivity contribution is 6.09. The van der Waals surface area contributed by atoms with E-state index >= 15 is 0 Å². The summed E-state index contributed by atoms with van der Waals surface area (Å²) in [7, 11) is 1.62. The molecule has 7 heteroatoms. The summed E-state index contributed by atoms with van der Waals surface area (Å²) in [6, 6.07) is 20.9. The molecule has 3 aliphatic rings. The fourth-order valence-corrected chi connectivity index (χ4v) is 7.17. The van der Waals surface area contributed by atoms with Crippen LogP contribution < -0.4 is 21.7 Å². The Balaban J connectivity index is 0.00000337. The van der Waals surface area contributed by atoms with Crippen molar-refractivity contribution in [1.82, 2.24) is 4.98 Å². The molecule has 3 aromatic carbocycles. The number of hydrogen-bond donors (Lipinski definition) is 1. The van der Waals surface area contributed by atoms with Gasteiger partial charge in [0.1, 0.15) is 24.4 Å². The fraction of sp³-hybridized carbons (Fsp3) is 0.324. The molecule has 5 atom stereocenters. The molecule has 3 saturated heterocycles. The van der Waals surface area contributed by atoms with Gasteiger partial charge in [-0.05, 0) is 52.6 Å². The predicted molar refractivity (Wildman–Crippen MR) is 156 cm³/mol. The first-order valence-corrected chi connectivity index (χ1v) is 14.0. The van der Waals surface area contributed by atoms with E-state index in [1.54, 1.807) is 19.4 Å². The summed E-state index contributed by atoms with van der Waals surface area (Å²) in [5, 5.41) is 14.8. The van der Waals surface area contributed by atoms with Crippen molar-refractivity contribution >= 4 is 33.2 Å². The number of methoxy groups -OCH3 is 1. The Hall–Kier alpha value is -3.39. The van der Waals surface area contributed by atoms with Gasteiger partial charge in [0.2, 0.25) is 0 Å². The summed E-state index contributed by atoms with van der Waals surface area (Å²) < 4.78 is 5.93. The predicted octanol–water partition coefficient (Wildman–Crippen LogP) is 2.69. The quantitative estimate of drug-likeness (QED) is 0.136. The standard InChI is InChI=1S/C34H35N2O4.BrH/c1-3-22-20-36(21-27(37)18-33(38)26-9-8-23-6-4-5-7-24(23)16-26)15-13-25(22)17-32(36)34(39)29-12-14-35-31-11-10-28(40-2)19-30(29)31;/h3-12,14,16,19,22,25,32,34,39H,1,13,15,17-18,20-21H2,2H3;1H/q+1;/p-1/t22?,25?,32?,34-,36?;/m1./s1. The maximum Gasteiger partial charge on any atom is 0.194 e. The summed E-state index contributed by atoms with van der Waals surface area (Å²) >= 11 is 0. The maximum atomic E-state index is 13.6. The van der Waals surface area contributed by atoms with Crippen molar-refractivity contribution < 1.29 is 40.9 Å². The molecule has 4 aromatic rings. The summed E-state index contributed by atoms with van der Waals surface area (Å²) in [5.41, 5.74) is 2.15. The monoisotopic (exact) mass is 614 g/mol. The Labute approximate surface area is 251 Å². The number of carbonyl (C=O) groups is 2. The molecule has 3 aliphatic heterocycles. The van der Waals surface area contributed by atoms with Gasteiger partial charge >= 0.3 is 0 Å². The van der Waals surface area contributed by atoms with Crippen molar-refractivity contribution in [2.75, 3.05) is 26.7 Å². The number of benzene rings is 3. The van der Waals surface area contributed by atoms with Crippen molar-refractivity contribution in [3.8, 4) is 5.75 Å². The van der Waals surface area contributed by atoms with E-state index in [0.29, 0.717) is 21.7 Å². The number of quaternary nitrogens is 1. The lowest BCUT2D eigenvalue weighted by Crippen LogP contribution is -3.00. The highest BCUT2D eigenvalue weighted by Crippen LogP contribution is 2.47. The van der Waals surface area contributed by atoms with E-state index in [0.717, 1.165) is 53.2 Å². The van der Waals surface area contributed by atoms with E-state index in [-0.39, 0.29) is 53.5 Å². The van der Waals surface area contributed by atoms with Crippen molar-refractivity contribution in [1.29, 1.82) is 0 Å². The smallest absolute Gasteiger partial charge is 0.194 e. The highest BCUT2D eigenvalue weighted by Gasteiger charge is 2.54. The van der Waals surface area contributed by atoms with Gasteiger partial charge in [-0.2, -0.15) is 0 Å². The number of hydrogen-bond acceptors (Lipinski definition) is 5. The summed E-state index contributed by atoms with van der Waals surface area (Å²) in [6.45, 7) is 5.86. The Kier molecular flexibility index (Phi) is 8.41. The number of aromatic nitrogens is 1. The summed E-state index contributed by atoms with van der Waals surface area (Å²) in [5.74, 6) is 1.17. The summed E-state index contributed by atoms with van der Waals surface area (Å²) in [4.78, 5) is 31.2. The van der Waals surface area contributed by atoms with Crippen LogP contribution in [0.15, 0.2) is 85.6 Å². The minimum absolute atomic E-state index is 0. The second kappa shape index (κ2) is 11.8. The number of fused-ring (bicyclic) bond motifs is 5. The molecular formula is C34H35BrN2O4. The van der Waals surface area contributed by atoms with Crippen LogP contribution in [0.3, 0.4) is 0 Å². The van der Waals surface area contributed by atoms with Gasteiger partial charge in [-0.15, -0.1) is 6.58 Å². The van der Waals surface area contributed by atoms with Gasteiger partial charge in [0.25, 0.3) is 0 Å². The minimum Gasteiger partial charge on any atom is -1.00 e. The van der Waals surface area contributed by atoms with Gasteiger partial charge in [0.05, 0.1) is 32.1 Å². The van der Waals surface area contributed by atoms with Crippen molar-refractivity contribution in [3.63, 3.8) is 0 Å². The number of rotatable bonds is 9. The van der Waals surface area contributed by atoms with Crippen LogP contribution in [-0.2, 0) is 4.79 Å². The largest absolute Gasteiger partial charge is 1.00 e. The molecule has 0 aliphatic carbocycles. The average molecular weight is 616 g/mol. The number of nitrogens with zero attached hydrogens (tertiary/aromatic N) is 2. The van der Waals surface area contributed by atoms with Gasteiger partial charge in [0, 0.05) is 35.9 Å². The molecule has 212 valence electrons. The van der Waals surface area contributed by atoms with E-state index in [9.17, 15) is 14.7 Å². The number of aliphatic hydroxyl groups excluding tert-OH is 1. The van der Waals surface area contributed by atoms with Gasteiger partial charge in [-0.3, -0.25) is 14.6 Å². The molecule has 1 aromatic heterocycles. The van der Waals surface area contributed by atoms with Gasteiger partial charge in [-0.1, -0.05) is 42.5 Å². The van der Waals surface area contributed by atoms with E-state index in [1.165, 1.54) is 0 Å². The molecular weight excluding hydrogens is 580 g/mol. The van der Waals surface area contributed by atoms with Crippen molar-refractivity contribution in [2.45, 2.75) is 31.4 Å². The zero-order chi connectivity index (χ0) is 27.9. The Bertz CT molecular complexity index is 1620. The zero-order valence-electron chi connectivity index (χ0n) is 23.2. The third-order valence-electron chi connectivity index (χ3n) is 9.26. The van der Waals surface area contributed by atoms with E-state index in [4.69, 9.17) is 4.74 Å². The van der Waals surface area contributed by atoms with Crippen LogP contribution in [0.1, 0.15) is 41.3 Å². The molecule has 0 radical (unpaired) electrons. The van der Waals surface area contributed by atoms with E-state index in [2.05, 4.69) is 11.6 Å². The third kappa shape index (κ3) is 5.46. The average Bonchev–Trinajstić information content (AvgIpc) is 2.99. The molecule has 4 heterocycles. The Morgan fingerprint density at radius 2 is 1.93 bits per heavy atom. The fourth-order valence-electron chi connectivity index (χ4n) is 7.17. The van der Waals surface area contributed by atoms with Crippen LogP contribution >= 0.6 is 0 Å². The Morgan fingerprint density at radius 1 is 1.12 bits per heavy atom. The molecule has 2 bridgehead atoms. The maximum absolute atomic E-state index is 13.6. The molecule has 0 spiro atoms. The van der Waals surface area contributed by atoms with Crippen LogP contribution in [0.4, 0.5) is 0 Å². The number of Topliss-reactive ketones (excluding diaryl/α,β-unsaturated/α-hetero) is 2. The van der Waals surface area contributed by atoms with Gasteiger partial charge < -0.3 is 31.3 Å². The van der Waals surface area contributed by atoms with Crippen LogP contribution in [0, 0.1) is 11.8 Å². The molecule has 41 heavy (non-hydrogen) atoms. The number of ether oxygens (including phenoxy) is 1. The van der Waals surface area contributed by atoms with Crippen molar-refractivity contribution in [2.24, 2.45) is 11.8 Å². The number of halogens is 1. The first-order chi connectivity index (χ1) is 19.4. The molecule has 6 nitrogen and oxygen atoms in total. The van der Waals surface area contributed by atoms with Crippen LogP contribution in [0.25, 0.3) is 21.7 Å². The zero-order valence-corrected chi connectivity index (χ0v) is 24.8. The van der Waals surface area contributed by atoms with Gasteiger partial charge in [0.15, 0.2) is 11.6 Å². The topological polar surface area (TPSA) is 76.5 Å². The number of ketones is 2. The molecule has 4 unspecified atom stereocenters. The van der Waals surface area contributed by atoms with Crippen molar-refractivity contribution in [3.05, 3.63) is 96.7 Å². The SMILES string of the molecule is C=CC1C[N+]2(CC(=O)CC(=O)c3ccc4ccccc4c3)CCC1CC2[C@H](O)c1ccnc2ccc(OC)cc12.[Br-]. The van der Waals surface area contributed by atoms with E-state index in [1.807, 2.05) is 66.7 Å². The minimum atomic E-state index is -0.782. The molecule has 7 rings (SSSR count). The molecule has 0 amide bonds. The molecule has 0 saturated carbocycles. The van der Waals surface area contributed by atoms with Crippen LogP contribution in [-0.4, -0.2) is 58.9 Å². The normalized spacial score (nSPS) is 24.0. The molecule has 3 fully saturated rings. The summed E-state index contributed by atoms with van der Waals surface area (Å²) in [6.07, 6.45) is 4.60. The number of carbonyl (C=O) groups excluding carboxylic acids is 2. The third-order valence-corrected chi connectivity index (χ3v) is 9.26. The lowest BCUT2D eigenvalue weighted by atomic mass is 9.71. The first-order valence-electron chi connectivity index (χ1n) is 14.0. The number of pyridine rings is 1.